The first-order valence-electron chi connectivity index (χ1n) is 3.51. The van der Waals surface area contributed by atoms with Gasteiger partial charge in [0.15, 0.2) is 5.54 Å². The Bertz CT molecular complexity index is 256. The number of hydrogen-bond donors (Lipinski definition) is 2. The van der Waals surface area contributed by atoms with Gasteiger partial charge in [0.1, 0.15) is 5.60 Å². The maximum Gasteiger partial charge on any atom is 0.409 e. The number of nitrogens with zero attached hydrogens (tertiary/aromatic N) is 1. The normalized spacial score (nSPS) is 32.0. The van der Waals surface area contributed by atoms with Crippen molar-refractivity contribution >= 4 is 6.09 Å². The smallest absolute Gasteiger partial charge is 0.409 e. The number of aliphatic hydroxyl groups is 1. The molecule has 0 aromatic carbocycles. The van der Waals surface area contributed by atoms with Gasteiger partial charge in [-0.25, -0.2) is 4.79 Å². The third-order valence-electron chi connectivity index (χ3n) is 2.12. The number of nitriles is 1. The highest BCUT2D eigenvalue weighted by Crippen LogP contribution is 2.30. The van der Waals surface area contributed by atoms with Crippen LogP contribution in [0.4, 0.5) is 4.79 Å². The molecule has 0 spiro atoms. The van der Waals surface area contributed by atoms with Crippen molar-refractivity contribution in [1.29, 1.82) is 5.26 Å². The molecule has 2 N–H and O–H groups in total. The molecule has 0 bridgehead atoms. The van der Waals surface area contributed by atoms with Crippen LogP contribution in [-0.4, -0.2) is 28.9 Å². The molecule has 0 aromatic rings. The van der Waals surface area contributed by atoms with Crippen molar-refractivity contribution in [2.45, 2.75) is 25.0 Å². The first kappa shape index (κ1) is 8.81. The number of aliphatic hydroxyl groups excluding tert-OH is 1. The van der Waals surface area contributed by atoms with Gasteiger partial charge in [0.05, 0.1) is 12.7 Å². The Morgan fingerprint density at radius 3 is 2.50 bits per heavy atom. The van der Waals surface area contributed by atoms with E-state index < -0.39 is 23.8 Å². The van der Waals surface area contributed by atoms with Crippen LogP contribution in [0.15, 0.2) is 0 Å². The van der Waals surface area contributed by atoms with Gasteiger partial charge in [0.25, 0.3) is 0 Å². The highest BCUT2D eigenvalue weighted by atomic mass is 16.6. The molecule has 5 nitrogen and oxygen atoms in total. The molecule has 1 atom stereocenters. The third-order valence-corrected chi connectivity index (χ3v) is 2.12. The number of carbonyl (C=O) groups excluding carboxylic acids is 1. The lowest BCUT2D eigenvalue weighted by molar-refractivity contribution is 0.0298. The number of hydrogen-bond acceptors (Lipinski definition) is 4. The zero-order valence-corrected chi connectivity index (χ0v) is 6.92. The van der Waals surface area contributed by atoms with E-state index >= 15 is 0 Å². The van der Waals surface area contributed by atoms with Crippen molar-refractivity contribution in [3.05, 3.63) is 0 Å². The largest absolute Gasteiger partial charge is 0.440 e. The van der Waals surface area contributed by atoms with Crippen LogP contribution >= 0.6 is 0 Å². The molecular weight excluding hydrogens is 160 g/mol. The molecule has 1 unspecified atom stereocenters. The van der Waals surface area contributed by atoms with E-state index in [1.807, 2.05) is 6.07 Å². The first-order valence-corrected chi connectivity index (χ1v) is 3.51. The van der Waals surface area contributed by atoms with Gasteiger partial charge >= 0.3 is 6.09 Å². The molecule has 66 valence electrons. The molecule has 12 heavy (non-hydrogen) atoms. The van der Waals surface area contributed by atoms with E-state index in [0.29, 0.717) is 0 Å². The molecule has 1 fully saturated rings. The Morgan fingerprint density at radius 2 is 2.33 bits per heavy atom. The SMILES string of the molecule is CC1(C)OC(=O)NC1(C#N)CO. The lowest BCUT2D eigenvalue weighted by atomic mass is 9.85. The average Bonchev–Trinajstić information content (AvgIpc) is 2.20. The summed E-state index contributed by atoms with van der Waals surface area (Å²) in [5, 5.41) is 20.0. The van der Waals surface area contributed by atoms with Gasteiger partial charge < -0.3 is 9.84 Å². The van der Waals surface area contributed by atoms with Crippen molar-refractivity contribution in [2.24, 2.45) is 0 Å². The van der Waals surface area contributed by atoms with Gasteiger partial charge in [-0.05, 0) is 13.8 Å². The lowest BCUT2D eigenvalue weighted by Gasteiger charge is -2.29. The van der Waals surface area contributed by atoms with Gasteiger partial charge in [-0.3, -0.25) is 5.32 Å². The molecule has 0 aromatic heterocycles. The Morgan fingerprint density at radius 1 is 1.75 bits per heavy atom. The maximum atomic E-state index is 10.8. The Hall–Kier alpha value is -1.28. The van der Waals surface area contributed by atoms with E-state index in [0.717, 1.165) is 0 Å². The van der Waals surface area contributed by atoms with E-state index in [1.165, 1.54) is 0 Å². The topological polar surface area (TPSA) is 82.3 Å². The number of ether oxygens (including phenoxy) is 1. The predicted octanol–water partition coefficient (Wildman–Crippen LogP) is -0.241. The molecule has 1 aliphatic heterocycles. The molecule has 1 saturated heterocycles. The fraction of sp³-hybridized carbons (Fsp3) is 0.714. The number of nitrogens with one attached hydrogen (secondary N) is 1. The minimum atomic E-state index is -1.32. The molecule has 1 rings (SSSR count). The summed E-state index contributed by atoms with van der Waals surface area (Å²) in [5.74, 6) is 0. The minimum absolute atomic E-state index is 0.456. The number of carbonyl (C=O) groups is 1. The monoisotopic (exact) mass is 170 g/mol. The molecule has 1 amide bonds. The summed E-state index contributed by atoms with van der Waals surface area (Å²) in [5.41, 5.74) is -2.31. The van der Waals surface area contributed by atoms with Gasteiger partial charge in [-0.15, -0.1) is 0 Å². The average molecular weight is 170 g/mol. The Labute approximate surface area is 69.9 Å². The van der Waals surface area contributed by atoms with Crippen molar-refractivity contribution in [2.75, 3.05) is 6.61 Å². The van der Waals surface area contributed by atoms with Crippen LogP contribution in [0.5, 0.6) is 0 Å². The van der Waals surface area contributed by atoms with Crippen molar-refractivity contribution in [1.82, 2.24) is 5.32 Å². The van der Waals surface area contributed by atoms with E-state index in [-0.39, 0.29) is 0 Å². The summed E-state index contributed by atoms with van der Waals surface area (Å²) in [6.45, 7) is 2.69. The quantitative estimate of drug-likeness (QED) is 0.569. The number of amides is 1. The van der Waals surface area contributed by atoms with Crippen molar-refractivity contribution in [3.8, 4) is 6.07 Å². The van der Waals surface area contributed by atoms with Gasteiger partial charge in [-0.2, -0.15) is 5.26 Å². The van der Waals surface area contributed by atoms with Crippen LogP contribution < -0.4 is 5.32 Å². The zero-order valence-electron chi connectivity index (χ0n) is 6.92. The molecule has 0 aliphatic carbocycles. The summed E-state index contributed by atoms with van der Waals surface area (Å²) in [6.07, 6.45) is -0.671. The molecule has 5 heteroatoms. The van der Waals surface area contributed by atoms with Crippen LogP contribution in [-0.2, 0) is 4.74 Å². The molecule has 0 saturated carbocycles. The van der Waals surface area contributed by atoms with E-state index in [1.54, 1.807) is 13.8 Å². The maximum absolute atomic E-state index is 10.8. The fourth-order valence-electron chi connectivity index (χ4n) is 1.10. The Balaban J connectivity index is 3.05. The van der Waals surface area contributed by atoms with Gasteiger partial charge in [0.2, 0.25) is 0 Å². The second-order valence-electron chi connectivity index (χ2n) is 3.20. The molecular formula is C7H10N2O3. The number of cyclic esters (lactones) is 1. The Kier molecular flexibility index (Phi) is 1.73. The second kappa shape index (κ2) is 2.35. The highest BCUT2D eigenvalue weighted by molar-refractivity contribution is 5.73. The summed E-state index contributed by atoms with van der Waals surface area (Å²) in [4.78, 5) is 10.8. The van der Waals surface area contributed by atoms with E-state index in [9.17, 15) is 4.79 Å². The fourth-order valence-corrected chi connectivity index (χ4v) is 1.10. The lowest BCUT2D eigenvalue weighted by Crippen LogP contribution is -2.55. The highest BCUT2D eigenvalue weighted by Gasteiger charge is 2.55. The number of rotatable bonds is 1. The molecule has 1 aliphatic rings. The van der Waals surface area contributed by atoms with Crippen LogP contribution in [0.3, 0.4) is 0 Å². The van der Waals surface area contributed by atoms with Gasteiger partial charge in [0, 0.05) is 0 Å². The van der Waals surface area contributed by atoms with Crippen molar-refractivity contribution < 1.29 is 14.6 Å². The van der Waals surface area contributed by atoms with E-state index in [2.05, 4.69) is 5.32 Å². The summed E-state index contributed by atoms with van der Waals surface area (Å²) in [7, 11) is 0. The van der Waals surface area contributed by atoms with Crippen LogP contribution in [0.25, 0.3) is 0 Å². The summed E-state index contributed by atoms with van der Waals surface area (Å²) < 4.78 is 4.81. The predicted molar refractivity (Wildman–Crippen MR) is 39.1 cm³/mol. The third kappa shape index (κ3) is 0.924. The van der Waals surface area contributed by atoms with Crippen LogP contribution in [0.2, 0.25) is 0 Å². The van der Waals surface area contributed by atoms with Gasteiger partial charge in [-0.1, -0.05) is 0 Å². The van der Waals surface area contributed by atoms with Crippen molar-refractivity contribution in [3.63, 3.8) is 0 Å². The minimum Gasteiger partial charge on any atom is -0.440 e. The molecule has 0 radical (unpaired) electrons. The standard InChI is InChI=1S/C7H10N2O3/c1-6(2)7(3-8,4-10)9-5(11)12-6/h10H,4H2,1-2H3,(H,9,11). The first-order chi connectivity index (χ1) is 5.47. The van der Waals surface area contributed by atoms with E-state index in [4.69, 9.17) is 15.1 Å². The molecule has 1 heterocycles. The number of alkyl carbamates (subject to hydrolysis) is 1. The zero-order chi connectivity index (χ0) is 9.41. The van der Waals surface area contributed by atoms with Crippen LogP contribution in [0.1, 0.15) is 13.8 Å². The second-order valence-corrected chi connectivity index (χ2v) is 3.20. The summed E-state index contributed by atoms with van der Waals surface area (Å²) in [6, 6.07) is 1.84. The summed E-state index contributed by atoms with van der Waals surface area (Å²) >= 11 is 0. The van der Waals surface area contributed by atoms with Crippen LogP contribution in [0, 0.1) is 11.3 Å².